The number of nitrogens with zero attached hydrogens (tertiary/aromatic N) is 2. The van der Waals surface area contributed by atoms with Gasteiger partial charge < -0.3 is 8.83 Å². The van der Waals surface area contributed by atoms with Crippen molar-refractivity contribution in [2.24, 2.45) is 0 Å². The average Bonchev–Trinajstić information content (AvgIpc) is 4.10. The predicted octanol–water partition coefficient (Wildman–Crippen LogP) is 19.4. The van der Waals surface area contributed by atoms with Gasteiger partial charge in [0.15, 0.2) is 0 Å². The highest BCUT2D eigenvalue weighted by atomic mass is 16.3. The maximum atomic E-state index is 7.14. The second-order valence-corrected chi connectivity index (χ2v) is 19.1. The first-order valence-electron chi connectivity index (χ1n) is 25.1. The molecule has 3 heterocycles. The van der Waals surface area contributed by atoms with Gasteiger partial charge in [0.25, 0.3) is 0 Å². The normalized spacial score (nSPS) is 11.8. The van der Waals surface area contributed by atoms with E-state index in [1.165, 1.54) is 22.3 Å². The third-order valence-electron chi connectivity index (χ3n) is 15.0. The van der Waals surface area contributed by atoms with Crippen molar-refractivity contribution in [1.29, 1.82) is 0 Å². The SMILES string of the molecule is c1ccc(-c2ccc(-c3cccc4c3oc3c(-c5ccc(-c6cccc7c6oc6c(-c8ccc(-c9ccccc9)cc8)cccc67)c(-c6cnc7c8ccccc8c8ccccc8c7n6)c5)cccc34)cc2)cc1. The van der Waals surface area contributed by atoms with Crippen LogP contribution in [0.2, 0.25) is 0 Å². The van der Waals surface area contributed by atoms with Gasteiger partial charge in [0, 0.05) is 60.1 Å². The van der Waals surface area contributed by atoms with E-state index in [1.807, 2.05) is 6.20 Å². The summed E-state index contributed by atoms with van der Waals surface area (Å²) in [5.41, 5.74) is 19.8. The third-order valence-corrected chi connectivity index (χ3v) is 15.0. The summed E-state index contributed by atoms with van der Waals surface area (Å²) in [4.78, 5) is 10.9. The van der Waals surface area contributed by atoms with Crippen molar-refractivity contribution in [1.82, 2.24) is 9.97 Å². The van der Waals surface area contributed by atoms with Crippen molar-refractivity contribution in [3.63, 3.8) is 0 Å². The minimum absolute atomic E-state index is 0.764. The van der Waals surface area contributed by atoms with Crippen LogP contribution in [0, 0.1) is 0 Å². The van der Waals surface area contributed by atoms with E-state index in [1.54, 1.807) is 0 Å². The molecule has 0 aliphatic rings. The van der Waals surface area contributed by atoms with Crippen molar-refractivity contribution in [3.05, 3.63) is 255 Å². The fourth-order valence-electron chi connectivity index (χ4n) is 11.4. The second kappa shape index (κ2) is 16.9. The van der Waals surface area contributed by atoms with Crippen molar-refractivity contribution in [2.45, 2.75) is 0 Å². The Morgan fingerprint density at radius 3 is 1.09 bits per heavy atom. The van der Waals surface area contributed by atoms with Gasteiger partial charge in [-0.05, 0) is 61.3 Å². The summed E-state index contributed by atoms with van der Waals surface area (Å²) < 4.78 is 14.2. The quantitative estimate of drug-likeness (QED) is 0.149. The smallest absolute Gasteiger partial charge is 0.143 e. The largest absolute Gasteiger partial charge is 0.455 e. The maximum absolute atomic E-state index is 7.14. The van der Waals surface area contributed by atoms with Gasteiger partial charge in [-0.15, -0.1) is 0 Å². The molecule has 0 amide bonds. The molecule has 0 aliphatic heterocycles. The van der Waals surface area contributed by atoms with Crippen LogP contribution in [0.4, 0.5) is 0 Å². The number of fused-ring (bicyclic) bond motifs is 12. The van der Waals surface area contributed by atoms with Crippen LogP contribution in [0.3, 0.4) is 0 Å². The molecule has 0 N–H and O–H groups in total. The molecule has 344 valence electrons. The average molecular weight is 943 g/mol. The topological polar surface area (TPSA) is 52.1 Å². The number of furan rings is 2. The van der Waals surface area contributed by atoms with Crippen LogP contribution in [0.5, 0.6) is 0 Å². The highest BCUT2D eigenvalue weighted by Gasteiger charge is 2.22. The number of rotatable bonds is 7. The molecule has 0 saturated carbocycles. The molecule has 0 saturated heterocycles. The summed E-state index contributed by atoms with van der Waals surface area (Å²) in [6.07, 6.45) is 1.94. The molecule has 15 rings (SSSR count). The molecular weight excluding hydrogens is 901 g/mol. The Morgan fingerprint density at radius 1 is 0.230 bits per heavy atom. The summed E-state index contributed by atoms with van der Waals surface area (Å²) in [6.45, 7) is 0. The van der Waals surface area contributed by atoms with Crippen LogP contribution in [0.1, 0.15) is 0 Å². The van der Waals surface area contributed by atoms with Crippen molar-refractivity contribution < 1.29 is 8.83 Å². The Balaban J connectivity index is 0.922. The van der Waals surface area contributed by atoms with Crippen LogP contribution in [-0.2, 0) is 0 Å². The summed E-state index contributed by atoms with van der Waals surface area (Å²) in [6, 6.07) is 88.1. The lowest BCUT2D eigenvalue weighted by atomic mass is 9.91. The van der Waals surface area contributed by atoms with E-state index < -0.39 is 0 Å². The lowest BCUT2D eigenvalue weighted by Crippen LogP contribution is -1.95. The monoisotopic (exact) mass is 942 g/mol. The van der Waals surface area contributed by atoms with Gasteiger partial charge in [0.05, 0.1) is 22.9 Å². The van der Waals surface area contributed by atoms with Gasteiger partial charge in [-0.25, -0.2) is 4.98 Å². The molecule has 0 radical (unpaired) electrons. The molecule has 0 aliphatic carbocycles. The minimum atomic E-state index is 0.764. The fraction of sp³-hybridized carbons (Fsp3) is 0. The summed E-state index contributed by atoms with van der Waals surface area (Å²) >= 11 is 0. The predicted molar refractivity (Wildman–Crippen MR) is 307 cm³/mol. The molecule has 74 heavy (non-hydrogen) atoms. The molecule has 0 unspecified atom stereocenters. The van der Waals surface area contributed by atoms with Crippen molar-refractivity contribution in [2.75, 3.05) is 0 Å². The van der Waals surface area contributed by atoms with E-state index in [-0.39, 0.29) is 0 Å². The van der Waals surface area contributed by atoms with Crippen LogP contribution in [0.15, 0.2) is 264 Å². The van der Waals surface area contributed by atoms with E-state index in [9.17, 15) is 0 Å². The van der Waals surface area contributed by atoms with Gasteiger partial charge in [0.2, 0.25) is 0 Å². The Morgan fingerprint density at radius 2 is 0.595 bits per heavy atom. The lowest BCUT2D eigenvalue weighted by molar-refractivity contribution is 0.670. The molecule has 0 bridgehead atoms. The van der Waals surface area contributed by atoms with Crippen LogP contribution in [-0.4, -0.2) is 9.97 Å². The van der Waals surface area contributed by atoms with Crippen molar-refractivity contribution >= 4 is 76.5 Å². The molecule has 4 heteroatoms. The zero-order valence-electron chi connectivity index (χ0n) is 40.0. The zero-order chi connectivity index (χ0) is 48.7. The molecule has 3 aromatic heterocycles. The van der Waals surface area contributed by atoms with E-state index in [4.69, 9.17) is 18.8 Å². The van der Waals surface area contributed by atoms with Crippen LogP contribution < -0.4 is 0 Å². The highest BCUT2D eigenvalue weighted by Crippen LogP contribution is 2.46. The Hall–Kier alpha value is -9.90. The standard InChI is InChI=1S/C70H42N2O2/c1-3-15-43(16-4-1)45-31-35-47(36-32-45)50-23-11-27-59-60-29-13-25-52(69(60)73-67(50)59)49-39-40-55(63(41-49)64-42-71-65-56-21-9-7-19-53(56)54-20-8-10-22-57(54)66(65)72-64)58-26-14-30-62-61-28-12-24-51(68(61)74-70(58)62)48-37-33-46(34-38-48)44-17-5-2-6-18-44/h1-42H. The second-order valence-electron chi connectivity index (χ2n) is 19.1. The molecule has 0 spiro atoms. The molecule has 0 atom stereocenters. The highest BCUT2D eigenvalue weighted by molar-refractivity contribution is 6.23. The number of hydrogen-bond acceptors (Lipinski definition) is 4. The van der Waals surface area contributed by atoms with Gasteiger partial charge in [-0.1, -0.05) is 243 Å². The molecular formula is C70H42N2O2. The number of aromatic nitrogens is 2. The number of hydrogen-bond donors (Lipinski definition) is 0. The first-order valence-corrected chi connectivity index (χ1v) is 25.1. The molecule has 12 aromatic carbocycles. The van der Waals surface area contributed by atoms with E-state index in [0.29, 0.717) is 0 Å². The summed E-state index contributed by atoms with van der Waals surface area (Å²) in [5, 5.41) is 8.71. The van der Waals surface area contributed by atoms with Gasteiger partial charge >= 0.3 is 0 Å². The van der Waals surface area contributed by atoms with E-state index >= 15 is 0 Å². The van der Waals surface area contributed by atoms with Crippen LogP contribution in [0.25, 0.3) is 154 Å². The Labute approximate surface area is 426 Å². The minimum Gasteiger partial charge on any atom is -0.455 e. The molecule has 4 nitrogen and oxygen atoms in total. The summed E-state index contributed by atoms with van der Waals surface area (Å²) in [7, 11) is 0. The number of benzene rings is 12. The molecule has 0 fully saturated rings. The number of para-hydroxylation sites is 4. The van der Waals surface area contributed by atoms with E-state index in [2.05, 4.69) is 249 Å². The van der Waals surface area contributed by atoms with Gasteiger partial charge in [-0.2, -0.15) is 0 Å². The Kier molecular flexibility index (Phi) is 9.54. The maximum Gasteiger partial charge on any atom is 0.143 e. The first kappa shape index (κ1) is 41.8. The fourth-order valence-corrected chi connectivity index (χ4v) is 11.4. The van der Waals surface area contributed by atoms with Crippen LogP contribution >= 0.6 is 0 Å². The van der Waals surface area contributed by atoms with Gasteiger partial charge in [-0.3, -0.25) is 4.98 Å². The van der Waals surface area contributed by atoms with Crippen molar-refractivity contribution in [3.8, 4) is 78.0 Å². The molecule has 15 aromatic rings. The van der Waals surface area contributed by atoms with Gasteiger partial charge in [0.1, 0.15) is 22.3 Å². The zero-order valence-corrected chi connectivity index (χ0v) is 40.0. The Bertz CT molecular complexity index is 4650. The summed E-state index contributed by atoms with van der Waals surface area (Å²) in [5.74, 6) is 0. The lowest BCUT2D eigenvalue weighted by Gasteiger charge is -2.15. The van der Waals surface area contributed by atoms with E-state index in [0.717, 1.165) is 132 Å². The first-order chi connectivity index (χ1) is 36.7. The third kappa shape index (κ3) is 6.69.